The number of aromatic nitrogens is 2. The van der Waals surface area contributed by atoms with E-state index in [0.29, 0.717) is 5.25 Å². The molecule has 3 nitrogen and oxygen atoms in total. The van der Waals surface area contributed by atoms with E-state index < -0.39 is 0 Å². The first kappa shape index (κ1) is 11.6. The molecule has 2 atom stereocenters. The molecule has 1 aromatic heterocycles. The number of hydrogen-bond acceptors (Lipinski definition) is 3. The molecule has 0 amide bonds. The van der Waals surface area contributed by atoms with E-state index in [1.807, 2.05) is 31.2 Å². The molecule has 2 N–H and O–H groups in total. The highest BCUT2D eigenvalue weighted by atomic mass is 32.2. The minimum absolute atomic E-state index is 0.114. The van der Waals surface area contributed by atoms with E-state index in [4.69, 9.17) is 5.73 Å². The lowest BCUT2D eigenvalue weighted by Gasteiger charge is -2.12. The second-order valence-electron chi connectivity index (χ2n) is 3.61. The standard InChI is InChI=1S/C10H19N3S/c1-4-8(2)14-7-10(11)9-5-12-13(3)6-9/h5-6,8,10H,4,7,11H2,1-3H3. The molecule has 80 valence electrons. The van der Waals surface area contributed by atoms with Crippen molar-refractivity contribution >= 4 is 11.8 Å². The topological polar surface area (TPSA) is 43.8 Å². The van der Waals surface area contributed by atoms with Gasteiger partial charge in [0, 0.05) is 35.9 Å². The second-order valence-corrected chi connectivity index (χ2v) is 5.08. The van der Waals surface area contributed by atoms with Gasteiger partial charge in [-0.2, -0.15) is 16.9 Å². The highest BCUT2D eigenvalue weighted by Gasteiger charge is 2.09. The summed E-state index contributed by atoms with van der Waals surface area (Å²) in [4.78, 5) is 0. The zero-order valence-corrected chi connectivity index (χ0v) is 9.92. The first-order valence-electron chi connectivity index (χ1n) is 4.99. The van der Waals surface area contributed by atoms with Crippen LogP contribution in [0.25, 0.3) is 0 Å². The zero-order valence-electron chi connectivity index (χ0n) is 9.10. The molecule has 1 heterocycles. The highest BCUT2D eigenvalue weighted by Crippen LogP contribution is 2.20. The molecule has 4 heteroatoms. The highest BCUT2D eigenvalue weighted by molar-refractivity contribution is 7.99. The van der Waals surface area contributed by atoms with Crippen molar-refractivity contribution in [1.29, 1.82) is 0 Å². The van der Waals surface area contributed by atoms with Crippen molar-refractivity contribution in [2.75, 3.05) is 5.75 Å². The number of rotatable bonds is 5. The van der Waals surface area contributed by atoms with Gasteiger partial charge in [-0.05, 0) is 6.42 Å². The van der Waals surface area contributed by atoms with Gasteiger partial charge in [0.1, 0.15) is 0 Å². The number of aryl methyl sites for hydroxylation is 1. The van der Waals surface area contributed by atoms with E-state index >= 15 is 0 Å². The first-order valence-corrected chi connectivity index (χ1v) is 6.04. The molecular formula is C10H19N3S. The summed E-state index contributed by atoms with van der Waals surface area (Å²) >= 11 is 1.93. The van der Waals surface area contributed by atoms with Crippen LogP contribution in [-0.2, 0) is 7.05 Å². The third-order valence-corrected chi connectivity index (χ3v) is 3.74. The van der Waals surface area contributed by atoms with Gasteiger partial charge >= 0.3 is 0 Å². The predicted molar refractivity (Wildman–Crippen MR) is 62.3 cm³/mol. The van der Waals surface area contributed by atoms with E-state index in [9.17, 15) is 0 Å². The van der Waals surface area contributed by atoms with Gasteiger partial charge in [0.05, 0.1) is 6.20 Å². The minimum Gasteiger partial charge on any atom is -0.323 e. The molecule has 0 aromatic carbocycles. The molecule has 0 spiro atoms. The molecule has 2 unspecified atom stereocenters. The van der Waals surface area contributed by atoms with Gasteiger partial charge in [-0.1, -0.05) is 13.8 Å². The van der Waals surface area contributed by atoms with E-state index in [1.165, 1.54) is 6.42 Å². The quantitative estimate of drug-likeness (QED) is 0.813. The summed E-state index contributed by atoms with van der Waals surface area (Å²) in [7, 11) is 1.91. The first-order chi connectivity index (χ1) is 6.63. The minimum atomic E-state index is 0.114. The fraction of sp³-hybridized carbons (Fsp3) is 0.700. The molecule has 0 aliphatic heterocycles. The number of nitrogens with zero attached hydrogens (tertiary/aromatic N) is 2. The Morgan fingerprint density at radius 1 is 1.64 bits per heavy atom. The number of nitrogens with two attached hydrogens (primary N) is 1. The van der Waals surface area contributed by atoms with E-state index in [2.05, 4.69) is 18.9 Å². The largest absolute Gasteiger partial charge is 0.323 e. The lowest BCUT2D eigenvalue weighted by atomic mass is 10.2. The Bertz CT molecular complexity index is 272. The van der Waals surface area contributed by atoms with Crippen molar-refractivity contribution < 1.29 is 0 Å². The molecular weight excluding hydrogens is 194 g/mol. The second kappa shape index (κ2) is 5.41. The van der Waals surface area contributed by atoms with Crippen LogP contribution in [0, 0.1) is 0 Å². The van der Waals surface area contributed by atoms with Gasteiger partial charge in [0.2, 0.25) is 0 Å². The van der Waals surface area contributed by atoms with Crippen LogP contribution in [0.2, 0.25) is 0 Å². The summed E-state index contributed by atoms with van der Waals surface area (Å²) < 4.78 is 1.79. The third-order valence-electron chi connectivity index (χ3n) is 2.29. The van der Waals surface area contributed by atoms with Crippen LogP contribution >= 0.6 is 11.8 Å². The van der Waals surface area contributed by atoms with Crippen LogP contribution in [-0.4, -0.2) is 20.8 Å². The van der Waals surface area contributed by atoms with Gasteiger partial charge in [0.15, 0.2) is 0 Å². The van der Waals surface area contributed by atoms with Crippen molar-refractivity contribution in [3.8, 4) is 0 Å². The summed E-state index contributed by atoms with van der Waals surface area (Å²) in [6, 6.07) is 0.114. The van der Waals surface area contributed by atoms with Gasteiger partial charge in [-0.25, -0.2) is 0 Å². The predicted octanol–water partition coefficient (Wildman–Crippen LogP) is 1.95. The molecule has 0 fully saturated rings. The third kappa shape index (κ3) is 3.35. The lowest BCUT2D eigenvalue weighted by molar-refractivity contribution is 0.763. The average molecular weight is 213 g/mol. The van der Waals surface area contributed by atoms with Crippen LogP contribution in [0.15, 0.2) is 12.4 Å². The lowest BCUT2D eigenvalue weighted by Crippen LogP contribution is -2.14. The van der Waals surface area contributed by atoms with Gasteiger partial charge in [-0.15, -0.1) is 0 Å². The van der Waals surface area contributed by atoms with Gasteiger partial charge < -0.3 is 5.73 Å². The Balaban J connectivity index is 2.39. The zero-order chi connectivity index (χ0) is 10.6. The Kier molecular flexibility index (Phi) is 4.48. The Hall–Kier alpha value is -0.480. The van der Waals surface area contributed by atoms with Crippen molar-refractivity contribution in [2.24, 2.45) is 12.8 Å². The van der Waals surface area contributed by atoms with E-state index in [-0.39, 0.29) is 6.04 Å². The van der Waals surface area contributed by atoms with E-state index in [1.54, 1.807) is 4.68 Å². The maximum absolute atomic E-state index is 6.04. The molecule has 0 saturated carbocycles. The molecule has 0 saturated heterocycles. The average Bonchev–Trinajstić information content (AvgIpc) is 2.60. The molecule has 0 radical (unpaired) electrons. The van der Waals surface area contributed by atoms with Crippen molar-refractivity contribution in [3.63, 3.8) is 0 Å². The smallest absolute Gasteiger partial charge is 0.0537 e. The number of thioether (sulfide) groups is 1. The maximum Gasteiger partial charge on any atom is 0.0537 e. The van der Waals surface area contributed by atoms with Crippen LogP contribution < -0.4 is 5.73 Å². The monoisotopic (exact) mass is 213 g/mol. The summed E-state index contributed by atoms with van der Waals surface area (Å²) in [5, 5.41) is 4.80. The van der Waals surface area contributed by atoms with Gasteiger partial charge in [0.25, 0.3) is 0 Å². The van der Waals surface area contributed by atoms with Crippen LogP contribution in [0.1, 0.15) is 31.9 Å². The van der Waals surface area contributed by atoms with Crippen LogP contribution in [0.4, 0.5) is 0 Å². The molecule has 14 heavy (non-hydrogen) atoms. The molecule has 0 aliphatic rings. The summed E-state index contributed by atoms with van der Waals surface area (Å²) in [6.07, 6.45) is 5.04. The Morgan fingerprint density at radius 2 is 2.36 bits per heavy atom. The summed E-state index contributed by atoms with van der Waals surface area (Å²) in [6.45, 7) is 4.44. The van der Waals surface area contributed by atoms with Crippen molar-refractivity contribution in [2.45, 2.75) is 31.6 Å². The molecule has 1 rings (SSSR count). The van der Waals surface area contributed by atoms with Crippen molar-refractivity contribution in [1.82, 2.24) is 9.78 Å². The normalized spacial score (nSPS) is 15.4. The fourth-order valence-corrected chi connectivity index (χ4v) is 2.08. The van der Waals surface area contributed by atoms with E-state index in [0.717, 1.165) is 11.3 Å². The van der Waals surface area contributed by atoms with Crippen LogP contribution in [0.3, 0.4) is 0 Å². The SMILES string of the molecule is CCC(C)SCC(N)c1cnn(C)c1. The van der Waals surface area contributed by atoms with Crippen LogP contribution in [0.5, 0.6) is 0 Å². The van der Waals surface area contributed by atoms with Crippen molar-refractivity contribution in [3.05, 3.63) is 18.0 Å². The Morgan fingerprint density at radius 3 is 2.86 bits per heavy atom. The summed E-state index contributed by atoms with van der Waals surface area (Å²) in [5.74, 6) is 0.973. The molecule has 0 aliphatic carbocycles. The molecule has 0 bridgehead atoms. The number of hydrogen-bond donors (Lipinski definition) is 1. The maximum atomic E-state index is 6.04. The Labute approximate surface area is 90.1 Å². The fourth-order valence-electron chi connectivity index (χ4n) is 1.11. The summed E-state index contributed by atoms with van der Waals surface area (Å²) in [5.41, 5.74) is 7.17. The molecule has 1 aromatic rings. The van der Waals surface area contributed by atoms with Gasteiger partial charge in [-0.3, -0.25) is 4.68 Å².